The van der Waals surface area contributed by atoms with Gasteiger partial charge in [-0.05, 0) is 101 Å². The van der Waals surface area contributed by atoms with E-state index < -0.39 is 55.9 Å². The van der Waals surface area contributed by atoms with Crippen molar-refractivity contribution in [3.8, 4) is 22.5 Å². The van der Waals surface area contributed by atoms with Crippen LogP contribution in [0, 0.1) is 48.9 Å². The van der Waals surface area contributed by atoms with Gasteiger partial charge < -0.3 is 18.8 Å². The Hall–Kier alpha value is -4.61. The predicted octanol–water partition coefficient (Wildman–Crippen LogP) is 15.8. The van der Waals surface area contributed by atoms with Crippen molar-refractivity contribution in [2.75, 3.05) is 0 Å². The van der Waals surface area contributed by atoms with Gasteiger partial charge >= 0.3 is 0 Å². The molecule has 6 heteroatoms. The fourth-order valence-corrected chi connectivity index (χ4v) is 8.22. The summed E-state index contributed by atoms with van der Waals surface area (Å²) in [5, 5.41) is 2.66. The summed E-state index contributed by atoms with van der Waals surface area (Å²) in [6.45, 7) is 8.54. The molecule has 9 aromatic rings. The minimum Gasteiger partial charge on any atom is -0.500 e. The maximum Gasteiger partial charge on any atom is 0.154 e. The topological polar surface area (TPSA) is 52.1 Å². The smallest absolute Gasteiger partial charge is 0.154 e. The van der Waals surface area contributed by atoms with Crippen molar-refractivity contribution in [1.82, 2.24) is 9.97 Å². The minimum absolute atomic E-state index is 0. The molecular weight excluding hydrogens is 933 g/mol. The number of hydrogen-bond donors (Lipinski definition) is 0. The van der Waals surface area contributed by atoms with Crippen molar-refractivity contribution in [2.24, 2.45) is 16.2 Å². The van der Waals surface area contributed by atoms with Gasteiger partial charge in [-0.3, -0.25) is 0 Å². The van der Waals surface area contributed by atoms with Gasteiger partial charge in [0.05, 0.1) is 15.7 Å². The van der Waals surface area contributed by atoms with Gasteiger partial charge in [-0.2, -0.15) is 0 Å². The fourth-order valence-electron chi connectivity index (χ4n) is 7.05. The van der Waals surface area contributed by atoms with Crippen LogP contribution in [0.15, 0.2) is 94.0 Å². The molecule has 0 spiro atoms. The van der Waals surface area contributed by atoms with Crippen LogP contribution >= 0.6 is 11.3 Å². The van der Waals surface area contributed by atoms with Crippen molar-refractivity contribution >= 4 is 64.6 Å². The van der Waals surface area contributed by atoms with Gasteiger partial charge in [0.2, 0.25) is 0 Å². The maximum absolute atomic E-state index is 8.92. The molecule has 0 amide bonds. The Labute approximate surface area is 394 Å². The molecule has 0 N–H and O–H groups in total. The Kier molecular flexibility index (Phi) is 7.65. The van der Waals surface area contributed by atoms with Gasteiger partial charge in [-0.25, -0.2) is 0 Å². The molecule has 0 atom stereocenters. The van der Waals surface area contributed by atoms with E-state index >= 15 is 0 Å². The molecule has 0 bridgehead atoms. The molecule has 0 fully saturated rings. The van der Waals surface area contributed by atoms with Gasteiger partial charge in [0.25, 0.3) is 0 Å². The number of fused-ring (bicyclic) bond motifs is 9. The SMILES string of the molecule is [2H]C([2H])([2H])c1c[c-]c(-c2cc(C([2H])([2H])C(C)(C)C)c(C([2H])([2H])C(C)(C)C)cn2)cc1.[2H]C([2H])([2H])c1cnc(-c2[c-]ccc3c2oc2c3cc(C([2H])([2H])[2H])c3oc4c5ccccc5sc4c32)cc1C([2H])([2H])C(C)(C)C.[Ir]. The number of hydrogen-bond acceptors (Lipinski definition) is 5. The van der Waals surface area contributed by atoms with E-state index in [0.717, 1.165) is 14.8 Å². The molecule has 0 unspecified atom stereocenters. The van der Waals surface area contributed by atoms with E-state index in [4.69, 9.17) is 29.4 Å². The molecule has 9 rings (SSSR count). The second-order valence-corrected chi connectivity index (χ2v) is 19.0. The number of rotatable bonds is 5. The summed E-state index contributed by atoms with van der Waals surface area (Å²) >= 11 is 1.50. The molecule has 4 nitrogen and oxygen atoms in total. The van der Waals surface area contributed by atoms with Gasteiger partial charge in [-0.15, -0.1) is 64.9 Å². The molecule has 311 valence electrons. The average Bonchev–Trinajstić information content (AvgIpc) is 3.96. The molecule has 0 aliphatic carbocycles. The number of benzene rings is 4. The van der Waals surface area contributed by atoms with Gasteiger partial charge in [0.15, 0.2) is 5.58 Å². The van der Waals surface area contributed by atoms with Crippen LogP contribution in [0.25, 0.3) is 75.8 Å². The molecule has 4 aromatic carbocycles. The van der Waals surface area contributed by atoms with Gasteiger partial charge in [-0.1, -0.05) is 110 Å². The Morgan fingerprint density at radius 2 is 1.32 bits per heavy atom. The minimum atomic E-state index is -2.58. The largest absolute Gasteiger partial charge is 0.500 e. The summed E-state index contributed by atoms with van der Waals surface area (Å²) in [4.78, 5) is 8.85. The molecule has 5 aromatic heterocycles. The van der Waals surface area contributed by atoms with Crippen molar-refractivity contribution in [1.29, 1.82) is 0 Å². The van der Waals surface area contributed by atoms with Crippen LogP contribution in [0.3, 0.4) is 0 Å². The number of nitrogens with zero attached hydrogens (tertiary/aromatic N) is 2. The van der Waals surface area contributed by atoms with E-state index in [2.05, 4.69) is 22.1 Å². The molecule has 0 saturated carbocycles. The summed E-state index contributed by atoms with van der Waals surface area (Å²) in [5.74, 6) is 0. The summed E-state index contributed by atoms with van der Waals surface area (Å²) < 4.78 is 139. The third-order valence-corrected chi connectivity index (χ3v) is 10.5. The van der Waals surface area contributed by atoms with Crippen LogP contribution in [0.2, 0.25) is 0 Å². The van der Waals surface area contributed by atoms with Crippen LogP contribution in [0.1, 0.15) is 116 Å². The fraction of sp³-hybridized carbons (Fsp3) is 0.333. The van der Waals surface area contributed by atoms with Crippen molar-refractivity contribution in [3.05, 3.63) is 131 Å². The number of thiophene rings is 1. The molecule has 1 radical (unpaired) electrons. The second kappa shape index (κ2) is 16.3. The monoisotopic (exact) mass is 1000 g/mol. The molecule has 0 aliphatic heterocycles. The first kappa shape index (κ1) is 28.1. The molecule has 0 aliphatic rings. The van der Waals surface area contributed by atoms with E-state index in [1.165, 1.54) is 41.9 Å². The zero-order chi connectivity index (χ0) is 54.9. The Morgan fingerprint density at radius 1 is 0.633 bits per heavy atom. The molecule has 0 saturated heterocycles. The zero-order valence-electron chi connectivity index (χ0n) is 50.0. The maximum atomic E-state index is 8.92. The van der Waals surface area contributed by atoms with Crippen LogP contribution in [-0.2, 0) is 39.2 Å². The van der Waals surface area contributed by atoms with Crippen LogP contribution < -0.4 is 0 Å². The van der Waals surface area contributed by atoms with Crippen LogP contribution in [0.4, 0.5) is 0 Å². The van der Waals surface area contributed by atoms with Crippen LogP contribution in [-0.4, -0.2) is 9.97 Å². The summed E-state index contributed by atoms with van der Waals surface area (Å²) in [6, 6.07) is 26.4. The Morgan fingerprint density at radius 3 is 2.02 bits per heavy atom. The van der Waals surface area contributed by atoms with E-state index in [1.54, 1.807) is 92.6 Å². The summed E-state index contributed by atoms with van der Waals surface area (Å²) in [6.07, 6.45) is -3.05. The third kappa shape index (κ3) is 9.03. The van der Waals surface area contributed by atoms with E-state index in [9.17, 15) is 0 Å². The van der Waals surface area contributed by atoms with Gasteiger partial charge in [0, 0.05) is 68.5 Å². The molecular formula is C54H56IrN2O2S-2. The average molecular weight is 1000 g/mol. The van der Waals surface area contributed by atoms with Crippen molar-refractivity contribution < 1.29 is 49.5 Å². The predicted molar refractivity (Wildman–Crippen MR) is 251 cm³/mol. The Bertz CT molecular complexity index is 3620. The third-order valence-electron chi connectivity index (χ3n) is 9.34. The first-order valence-corrected chi connectivity index (χ1v) is 20.3. The Balaban J connectivity index is 0.000000233. The van der Waals surface area contributed by atoms with Crippen LogP contribution in [0.5, 0.6) is 0 Å². The number of aryl methyl sites for hydroxylation is 3. The zero-order valence-corrected chi connectivity index (χ0v) is 38.2. The van der Waals surface area contributed by atoms with Gasteiger partial charge in [0.1, 0.15) is 11.2 Å². The van der Waals surface area contributed by atoms with Crippen molar-refractivity contribution in [2.45, 2.75) is 102 Å². The first-order chi connectivity index (χ1) is 33.8. The van der Waals surface area contributed by atoms with E-state index in [0.29, 0.717) is 49.7 Å². The normalized spacial score (nSPS) is 17.4. The quantitative estimate of drug-likeness (QED) is 0.161. The first-order valence-electron chi connectivity index (χ1n) is 27.0. The number of aromatic nitrogens is 2. The van der Waals surface area contributed by atoms with E-state index in [-0.39, 0.29) is 64.8 Å². The molecule has 5 heterocycles. The second-order valence-electron chi connectivity index (χ2n) is 17.9. The van der Waals surface area contributed by atoms with E-state index in [1.807, 2.05) is 24.3 Å². The van der Waals surface area contributed by atoms with Crippen molar-refractivity contribution in [3.63, 3.8) is 0 Å². The summed E-state index contributed by atoms with van der Waals surface area (Å²) in [5.41, 5.74) is 1.39. The number of furan rings is 2. The number of pyridine rings is 2. The summed E-state index contributed by atoms with van der Waals surface area (Å²) in [7, 11) is 0. The molecule has 60 heavy (non-hydrogen) atoms. The standard InChI is InChI=1S/C32H26NO2S.C22H30N.Ir/c1-17-13-23-20-10-8-11-21(24-14-19(15-32(3,4)5)18(2)16-33-24)28(20)35-29(23)26-27(17)34-30-22-9-6-7-12-25(22)36-31(26)30;1-16-8-10-17(11-9-16)20-12-18(13-21(2,3)4)19(15-23-20)14-22(5,6)7;/h6-10,12-14,16H,15H2,1-5H3;8-10,12,15H,13-14H2,1-7H3;/q2*-1;/i1D3,2D3,15D2;1D3,13D2,14D2;.